The Bertz CT molecular complexity index is 444. The van der Waals surface area contributed by atoms with Crippen molar-refractivity contribution in [3.05, 3.63) is 34.9 Å². The molecular weight excluding hydrogens is 172 g/mol. The van der Waals surface area contributed by atoms with Crippen molar-refractivity contribution >= 4 is 0 Å². The molecule has 0 aromatic heterocycles. The molecule has 1 aliphatic heterocycles. The Hall–Kier alpha value is -1.77. The lowest BCUT2D eigenvalue weighted by atomic mass is 9.99. The van der Waals surface area contributed by atoms with Gasteiger partial charge in [0.25, 0.3) is 0 Å². The summed E-state index contributed by atoms with van der Waals surface area (Å²) >= 11 is 0. The van der Waals surface area contributed by atoms with Gasteiger partial charge in [-0.2, -0.15) is 5.26 Å². The maximum Gasteiger partial charge on any atom is 0.152 e. The van der Waals surface area contributed by atoms with E-state index in [1.807, 2.05) is 12.1 Å². The highest BCUT2D eigenvalue weighted by Crippen LogP contribution is 2.15. The summed E-state index contributed by atoms with van der Waals surface area (Å²) < 4.78 is 0. The topological polar surface area (TPSA) is 35.8 Å². The molecule has 0 amide bonds. The number of rotatable bonds is 0. The van der Waals surface area contributed by atoms with Crippen molar-refractivity contribution in [2.45, 2.75) is 13.0 Å². The van der Waals surface area contributed by atoms with E-state index < -0.39 is 0 Å². The van der Waals surface area contributed by atoms with E-state index >= 15 is 0 Å². The molecule has 0 saturated carbocycles. The Morgan fingerprint density at radius 3 is 3.07 bits per heavy atom. The van der Waals surface area contributed by atoms with E-state index in [2.05, 4.69) is 29.3 Å². The summed E-state index contributed by atoms with van der Waals surface area (Å²) in [6.07, 6.45) is 1.05. The highest BCUT2D eigenvalue weighted by Gasteiger charge is 2.07. The van der Waals surface area contributed by atoms with Gasteiger partial charge in [-0.25, -0.2) is 0 Å². The smallest absolute Gasteiger partial charge is 0.152 e. The summed E-state index contributed by atoms with van der Waals surface area (Å²) in [5.41, 5.74) is 3.64. The van der Waals surface area contributed by atoms with Gasteiger partial charge in [-0.05, 0) is 36.2 Å². The van der Waals surface area contributed by atoms with Crippen LogP contribution in [0.2, 0.25) is 0 Å². The van der Waals surface area contributed by atoms with E-state index in [4.69, 9.17) is 5.26 Å². The molecule has 0 aliphatic carbocycles. The van der Waals surface area contributed by atoms with Crippen LogP contribution in [-0.4, -0.2) is 6.54 Å². The fraction of sp³-hybridized carbons (Fsp3) is 0.250. The first-order valence-corrected chi connectivity index (χ1v) is 4.63. The van der Waals surface area contributed by atoms with Gasteiger partial charge in [0.1, 0.15) is 0 Å². The molecule has 1 aromatic rings. The first-order valence-electron chi connectivity index (χ1n) is 4.63. The van der Waals surface area contributed by atoms with Gasteiger partial charge in [0, 0.05) is 18.0 Å². The van der Waals surface area contributed by atoms with Crippen LogP contribution in [0.4, 0.5) is 0 Å². The minimum Gasteiger partial charge on any atom is -0.312 e. The fourth-order valence-electron chi connectivity index (χ4n) is 1.66. The maximum absolute atomic E-state index is 8.33. The lowest BCUT2D eigenvalue weighted by molar-refractivity contribution is 0.643. The number of nitrogens with zero attached hydrogens (tertiary/aromatic N) is 1. The number of benzene rings is 1. The summed E-state index contributed by atoms with van der Waals surface area (Å²) in [7, 11) is 0. The van der Waals surface area contributed by atoms with Crippen LogP contribution in [0.1, 0.15) is 16.7 Å². The van der Waals surface area contributed by atoms with E-state index in [1.165, 1.54) is 11.1 Å². The van der Waals surface area contributed by atoms with Gasteiger partial charge in [0.05, 0.1) is 0 Å². The molecule has 14 heavy (non-hydrogen) atoms. The molecule has 2 nitrogen and oxygen atoms in total. The molecule has 2 rings (SSSR count). The van der Waals surface area contributed by atoms with E-state index in [9.17, 15) is 0 Å². The van der Waals surface area contributed by atoms with Gasteiger partial charge in [-0.3, -0.25) is 0 Å². The number of fused-ring (bicyclic) bond motifs is 1. The molecule has 0 atom stereocenters. The quantitative estimate of drug-likeness (QED) is 0.612. The largest absolute Gasteiger partial charge is 0.312 e. The molecule has 0 radical (unpaired) electrons. The maximum atomic E-state index is 8.33. The number of hydrogen-bond donors (Lipinski definition) is 1. The second kappa shape index (κ2) is 3.96. The Kier molecular flexibility index (Phi) is 2.49. The first kappa shape index (κ1) is 8.81. The van der Waals surface area contributed by atoms with Gasteiger partial charge in [0.2, 0.25) is 0 Å². The van der Waals surface area contributed by atoms with E-state index in [1.54, 1.807) is 0 Å². The van der Waals surface area contributed by atoms with Crippen LogP contribution in [0.3, 0.4) is 0 Å². The molecule has 1 aromatic carbocycles. The van der Waals surface area contributed by atoms with Crippen molar-refractivity contribution in [2.75, 3.05) is 6.54 Å². The van der Waals surface area contributed by atoms with Crippen LogP contribution in [-0.2, 0) is 13.0 Å². The van der Waals surface area contributed by atoms with Crippen LogP contribution in [0.15, 0.2) is 18.2 Å². The van der Waals surface area contributed by atoms with Gasteiger partial charge in [-0.15, -0.1) is 0 Å². The SMILES string of the molecule is N#CC#Cc1ccc2c(c1)CCNC2. The van der Waals surface area contributed by atoms with E-state index in [0.29, 0.717) is 0 Å². The van der Waals surface area contributed by atoms with Gasteiger partial charge < -0.3 is 5.32 Å². The van der Waals surface area contributed by atoms with Crippen LogP contribution >= 0.6 is 0 Å². The third-order valence-electron chi connectivity index (χ3n) is 2.36. The molecule has 0 fully saturated rings. The minimum atomic E-state index is 0.937. The van der Waals surface area contributed by atoms with Crippen molar-refractivity contribution in [3.63, 3.8) is 0 Å². The second-order valence-electron chi connectivity index (χ2n) is 3.27. The van der Waals surface area contributed by atoms with Gasteiger partial charge in [-0.1, -0.05) is 12.0 Å². The zero-order valence-corrected chi connectivity index (χ0v) is 7.80. The monoisotopic (exact) mass is 182 g/mol. The third-order valence-corrected chi connectivity index (χ3v) is 2.36. The van der Waals surface area contributed by atoms with Crippen LogP contribution in [0, 0.1) is 23.2 Å². The zero-order chi connectivity index (χ0) is 9.80. The second-order valence-corrected chi connectivity index (χ2v) is 3.27. The Labute approximate surface area is 83.6 Å². The predicted octanol–water partition coefficient (Wildman–Crippen LogP) is 1.21. The van der Waals surface area contributed by atoms with Crippen molar-refractivity contribution in [2.24, 2.45) is 0 Å². The lowest BCUT2D eigenvalue weighted by Crippen LogP contribution is -2.23. The first-order chi connectivity index (χ1) is 6.90. The van der Waals surface area contributed by atoms with Crippen molar-refractivity contribution in [1.82, 2.24) is 5.32 Å². The normalized spacial score (nSPS) is 13.4. The van der Waals surface area contributed by atoms with Crippen molar-refractivity contribution in [3.8, 4) is 17.9 Å². The average molecular weight is 182 g/mol. The van der Waals surface area contributed by atoms with Gasteiger partial charge in [0.15, 0.2) is 6.07 Å². The van der Waals surface area contributed by atoms with E-state index in [0.717, 1.165) is 25.1 Å². The molecule has 68 valence electrons. The molecule has 0 bridgehead atoms. The van der Waals surface area contributed by atoms with Crippen molar-refractivity contribution < 1.29 is 0 Å². The highest BCUT2D eigenvalue weighted by atomic mass is 14.9. The number of nitrogens with one attached hydrogen (secondary N) is 1. The Balaban J connectivity index is 2.34. The average Bonchev–Trinajstić information content (AvgIpc) is 2.26. The molecular formula is C12H10N2. The fourth-order valence-corrected chi connectivity index (χ4v) is 1.66. The minimum absolute atomic E-state index is 0.937. The summed E-state index contributed by atoms with van der Waals surface area (Å²) in [4.78, 5) is 0. The van der Waals surface area contributed by atoms with Crippen LogP contribution in [0.5, 0.6) is 0 Å². The van der Waals surface area contributed by atoms with Gasteiger partial charge >= 0.3 is 0 Å². The highest BCUT2D eigenvalue weighted by molar-refractivity contribution is 5.43. The van der Waals surface area contributed by atoms with Crippen LogP contribution < -0.4 is 5.32 Å². The number of nitriles is 1. The summed E-state index contributed by atoms with van der Waals surface area (Å²) in [5.74, 6) is 5.22. The lowest BCUT2D eigenvalue weighted by Gasteiger charge is -2.16. The molecule has 1 heterocycles. The van der Waals surface area contributed by atoms with Crippen LogP contribution in [0.25, 0.3) is 0 Å². The molecule has 0 saturated heterocycles. The third kappa shape index (κ3) is 1.76. The molecule has 1 N–H and O–H groups in total. The van der Waals surface area contributed by atoms with E-state index in [-0.39, 0.29) is 0 Å². The van der Waals surface area contributed by atoms with Crippen molar-refractivity contribution in [1.29, 1.82) is 5.26 Å². The zero-order valence-electron chi connectivity index (χ0n) is 7.80. The number of hydrogen-bond acceptors (Lipinski definition) is 2. The molecule has 0 unspecified atom stereocenters. The Morgan fingerprint density at radius 2 is 2.21 bits per heavy atom. The standard InChI is InChI=1S/C12H10N2/c13-6-1-2-10-3-4-12-9-14-7-5-11(12)8-10/h3-4,8,14H,5,7,9H2. The summed E-state index contributed by atoms with van der Waals surface area (Å²) in [6.45, 7) is 1.98. The molecule has 1 aliphatic rings. The summed E-state index contributed by atoms with van der Waals surface area (Å²) in [6, 6.07) is 7.96. The molecule has 0 spiro atoms. The predicted molar refractivity (Wildman–Crippen MR) is 54.3 cm³/mol. The Morgan fingerprint density at radius 1 is 1.29 bits per heavy atom. The summed E-state index contributed by atoms with van der Waals surface area (Å²) in [5, 5.41) is 11.6. The molecule has 2 heteroatoms.